The lowest BCUT2D eigenvalue weighted by Crippen LogP contribution is -2.36. The minimum absolute atomic E-state index is 0.0296. The highest BCUT2D eigenvalue weighted by Crippen LogP contribution is 2.20. The second-order valence-corrected chi connectivity index (χ2v) is 6.22. The highest BCUT2D eigenvalue weighted by Gasteiger charge is 2.31. The van der Waals surface area contributed by atoms with Crippen molar-refractivity contribution < 1.29 is 14.3 Å². The van der Waals surface area contributed by atoms with E-state index in [0.29, 0.717) is 37.2 Å². The molecular formula is C17H25ClN2O3. The summed E-state index contributed by atoms with van der Waals surface area (Å²) in [5.74, 6) is 0.0296. The third-order valence-electron chi connectivity index (χ3n) is 4.24. The van der Waals surface area contributed by atoms with Gasteiger partial charge >= 0.3 is 0 Å². The van der Waals surface area contributed by atoms with Crippen LogP contribution in [0.3, 0.4) is 0 Å². The molecule has 1 aliphatic heterocycles. The first-order chi connectivity index (χ1) is 11.1. The number of hydrogen-bond acceptors (Lipinski definition) is 4. The molecule has 1 aromatic rings. The number of carbonyl (C=O) groups is 1. The van der Waals surface area contributed by atoms with Gasteiger partial charge in [-0.25, -0.2) is 0 Å². The van der Waals surface area contributed by atoms with Gasteiger partial charge in [0.05, 0.1) is 12.7 Å². The van der Waals surface area contributed by atoms with Crippen LogP contribution < -0.4 is 5.32 Å². The fraction of sp³-hybridized carbons (Fsp3) is 0.588. The predicted octanol–water partition coefficient (Wildman–Crippen LogP) is 2.08. The SMILES string of the molecule is COC[C@@H]1C[C@H](OC)CN1CCC(=O)NCc1ccccc1Cl. The smallest absolute Gasteiger partial charge is 0.221 e. The number of rotatable bonds is 8. The summed E-state index contributed by atoms with van der Waals surface area (Å²) in [6, 6.07) is 7.86. The van der Waals surface area contributed by atoms with E-state index in [9.17, 15) is 4.79 Å². The molecule has 0 bridgehead atoms. The maximum absolute atomic E-state index is 12.1. The van der Waals surface area contributed by atoms with Gasteiger partial charge in [0.15, 0.2) is 0 Å². The molecule has 1 heterocycles. The van der Waals surface area contributed by atoms with Crippen molar-refractivity contribution in [3.8, 4) is 0 Å². The number of halogens is 1. The van der Waals surface area contributed by atoms with Crippen LogP contribution in [0.5, 0.6) is 0 Å². The van der Waals surface area contributed by atoms with E-state index in [1.54, 1.807) is 14.2 Å². The van der Waals surface area contributed by atoms with Gasteiger partial charge in [-0.05, 0) is 18.1 Å². The topological polar surface area (TPSA) is 50.8 Å². The third kappa shape index (κ3) is 5.46. The number of benzene rings is 1. The van der Waals surface area contributed by atoms with E-state index in [1.807, 2.05) is 24.3 Å². The zero-order chi connectivity index (χ0) is 16.7. The molecular weight excluding hydrogens is 316 g/mol. The fourth-order valence-electron chi connectivity index (χ4n) is 2.92. The largest absolute Gasteiger partial charge is 0.383 e. The van der Waals surface area contributed by atoms with Crippen LogP contribution in [0.2, 0.25) is 5.02 Å². The predicted molar refractivity (Wildman–Crippen MR) is 90.6 cm³/mol. The molecule has 0 radical (unpaired) electrons. The lowest BCUT2D eigenvalue weighted by atomic mass is 10.2. The van der Waals surface area contributed by atoms with Crippen molar-refractivity contribution in [3.05, 3.63) is 34.9 Å². The zero-order valence-electron chi connectivity index (χ0n) is 13.8. The molecule has 23 heavy (non-hydrogen) atoms. The minimum Gasteiger partial charge on any atom is -0.383 e. The van der Waals surface area contributed by atoms with Gasteiger partial charge in [0, 0.05) is 51.3 Å². The van der Waals surface area contributed by atoms with Gasteiger partial charge in [0.2, 0.25) is 5.91 Å². The minimum atomic E-state index is 0.0296. The lowest BCUT2D eigenvalue weighted by Gasteiger charge is -2.23. The summed E-state index contributed by atoms with van der Waals surface area (Å²) >= 11 is 6.09. The van der Waals surface area contributed by atoms with E-state index in [4.69, 9.17) is 21.1 Å². The van der Waals surface area contributed by atoms with Crippen LogP contribution >= 0.6 is 11.6 Å². The molecule has 1 aromatic carbocycles. The van der Waals surface area contributed by atoms with Crippen LogP contribution in [0.25, 0.3) is 0 Å². The zero-order valence-corrected chi connectivity index (χ0v) is 14.5. The summed E-state index contributed by atoms with van der Waals surface area (Å²) < 4.78 is 10.7. The van der Waals surface area contributed by atoms with Crippen molar-refractivity contribution in [2.24, 2.45) is 0 Å². The van der Waals surface area contributed by atoms with E-state index >= 15 is 0 Å². The Labute approximate surface area is 142 Å². The average molecular weight is 341 g/mol. The third-order valence-corrected chi connectivity index (χ3v) is 4.61. The summed E-state index contributed by atoms with van der Waals surface area (Å²) in [6.07, 6.45) is 1.63. The molecule has 1 saturated heterocycles. The lowest BCUT2D eigenvalue weighted by molar-refractivity contribution is -0.121. The summed E-state index contributed by atoms with van der Waals surface area (Å²) in [7, 11) is 3.43. The Hall–Kier alpha value is -1.14. The number of nitrogens with zero attached hydrogens (tertiary/aromatic N) is 1. The Balaban J connectivity index is 1.76. The maximum atomic E-state index is 12.1. The highest BCUT2D eigenvalue weighted by atomic mass is 35.5. The Morgan fingerprint density at radius 3 is 2.87 bits per heavy atom. The van der Waals surface area contributed by atoms with Crippen LogP contribution in [-0.2, 0) is 20.8 Å². The summed E-state index contributed by atoms with van der Waals surface area (Å²) in [4.78, 5) is 14.3. The maximum Gasteiger partial charge on any atom is 0.221 e. The molecule has 1 fully saturated rings. The van der Waals surface area contributed by atoms with Crippen molar-refractivity contribution >= 4 is 17.5 Å². The number of carbonyl (C=O) groups excluding carboxylic acids is 1. The fourth-order valence-corrected chi connectivity index (χ4v) is 3.12. The highest BCUT2D eigenvalue weighted by molar-refractivity contribution is 6.31. The molecule has 128 valence electrons. The van der Waals surface area contributed by atoms with Gasteiger partial charge in [0.25, 0.3) is 0 Å². The number of likely N-dealkylation sites (tertiary alicyclic amines) is 1. The van der Waals surface area contributed by atoms with E-state index in [-0.39, 0.29) is 12.0 Å². The molecule has 1 amide bonds. The van der Waals surface area contributed by atoms with Gasteiger partial charge in [-0.2, -0.15) is 0 Å². The Morgan fingerprint density at radius 1 is 1.39 bits per heavy atom. The van der Waals surface area contributed by atoms with Crippen LogP contribution in [0.4, 0.5) is 0 Å². The molecule has 0 saturated carbocycles. The molecule has 1 aliphatic rings. The normalized spacial score (nSPS) is 21.5. The Kier molecular flexibility index (Phi) is 7.30. The van der Waals surface area contributed by atoms with E-state index in [2.05, 4.69) is 10.2 Å². The van der Waals surface area contributed by atoms with Crippen LogP contribution in [0.1, 0.15) is 18.4 Å². The van der Waals surface area contributed by atoms with Crippen molar-refractivity contribution in [2.75, 3.05) is 33.9 Å². The first-order valence-corrected chi connectivity index (χ1v) is 8.27. The molecule has 6 heteroatoms. The van der Waals surface area contributed by atoms with Crippen molar-refractivity contribution in [3.63, 3.8) is 0 Å². The number of hydrogen-bond donors (Lipinski definition) is 1. The molecule has 0 aliphatic carbocycles. The van der Waals surface area contributed by atoms with Crippen molar-refractivity contribution in [1.82, 2.24) is 10.2 Å². The molecule has 0 aromatic heterocycles. The summed E-state index contributed by atoms with van der Waals surface area (Å²) in [5, 5.41) is 3.60. The second kappa shape index (κ2) is 9.23. The quantitative estimate of drug-likeness (QED) is 0.787. The summed E-state index contributed by atoms with van der Waals surface area (Å²) in [5.41, 5.74) is 0.931. The molecule has 5 nitrogen and oxygen atoms in total. The van der Waals surface area contributed by atoms with Gasteiger partial charge in [-0.15, -0.1) is 0 Å². The molecule has 2 rings (SSSR count). The second-order valence-electron chi connectivity index (χ2n) is 5.82. The first-order valence-electron chi connectivity index (χ1n) is 7.90. The number of nitrogens with one attached hydrogen (secondary N) is 1. The number of methoxy groups -OCH3 is 2. The molecule has 0 spiro atoms. The molecule has 1 N–H and O–H groups in total. The van der Waals surface area contributed by atoms with Gasteiger partial charge < -0.3 is 14.8 Å². The number of amides is 1. The number of ether oxygens (including phenoxy) is 2. The van der Waals surface area contributed by atoms with E-state index in [1.165, 1.54) is 0 Å². The van der Waals surface area contributed by atoms with Crippen molar-refractivity contribution in [1.29, 1.82) is 0 Å². The van der Waals surface area contributed by atoms with Gasteiger partial charge in [0.1, 0.15) is 0 Å². The Morgan fingerprint density at radius 2 is 2.17 bits per heavy atom. The summed E-state index contributed by atoms with van der Waals surface area (Å²) in [6.45, 7) is 2.69. The Bertz CT molecular complexity index is 512. The van der Waals surface area contributed by atoms with E-state index in [0.717, 1.165) is 18.5 Å². The van der Waals surface area contributed by atoms with Crippen LogP contribution in [0.15, 0.2) is 24.3 Å². The van der Waals surface area contributed by atoms with E-state index < -0.39 is 0 Å². The average Bonchev–Trinajstić information content (AvgIpc) is 2.95. The van der Waals surface area contributed by atoms with Crippen LogP contribution in [0, 0.1) is 0 Å². The van der Waals surface area contributed by atoms with Crippen LogP contribution in [-0.4, -0.2) is 56.9 Å². The first kappa shape index (κ1) is 18.2. The standard InChI is InChI=1S/C17H25ClN2O3/c1-22-12-14-9-15(23-2)11-20(14)8-7-17(21)19-10-13-5-3-4-6-16(13)18/h3-6,14-15H,7-12H2,1-2H3,(H,19,21)/t14-,15-/m0/s1. The van der Waals surface area contributed by atoms with Gasteiger partial charge in [-0.3, -0.25) is 9.69 Å². The van der Waals surface area contributed by atoms with Crippen molar-refractivity contribution in [2.45, 2.75) is 31.5 Å². The monoisotopic (exact) mass is 340 g/mol. The van der Waals surface area contributed by atoms with Gasteiger partial charge in [-0.1, -0.05) is 29.8 Å². The molecule has 2 atom stereocenters. The molecule has 0 unspecified atom stereocenters.